The van der Waals surface area contributed by atoms with Crippen molar-refractivity contribution < 1.29 is 14.3 Å². The Balaban J connectivity index is 2.14. The molecule has 0 aliphatic heterocycles. The number of aromatic nitrogens is 2. The van der Waals surface area contributed by atoms with E-state index in [1.807, 2.05) is 24.7 Å². The molecule has 0 unspecified atom stereocenters. The van der Waals surface area contributed by atoms with Crippen molar-refractivity contribution in [2.75, 3.05) is 6.61 Å². The molecule has 100 valence electrons. The lowest BCUT2D eigenvalue weighted by molar-refractivity contribution is 0.112. The minimum absolute atomic E-state index is 0.351. The van der Waals surface area contributed by atoms with Crippen LogP contribution in [0.3, 0.4) is 0 Å². The molecule has 0 radical (unpaired) electrons. The Bertz CT molecular complexity index is 564. The van der Waals surface area contributed by atoms with Crippen molar-refractivity contribution in [3.05, 3.63) is 42.0 Å². The number of hydrogen-bond donors (Lipinski definition) is 0. The van der Waals surface area contributed by atoms with Crippen LogP contribution in [0.1, 0.15) is 23.1 Å². The first-order valence-electron chi connectivity index (χ1n) is 6.05. The summed E-state index contributed by atoms with van der Waals surface area (Å²) >= 11 is 0. The molecule has 0 aliphatic rings. The zero-order valence-electron chi connectivity index (χ0n) is 11.0. The van der Waals surface area contributed by atoms with Gasteiger partial charge in [-0.25, -0.2) is 4.98 Å². The van der Waals surface area contributed by atoms with E-state index in [4.69, 9.17) is 9.47 Å². The second kappa shape index (κ2) is 6.04. The summed E-state index contributed by atoms with van der Waals surface area (Å²) in [7, 11) is 1.91. The Hall–Kier alpha value is -2.30. The molecular formula is C14H16N2O3. The summed E-state index contributed by atoms with van der Waals surface area (Å²) < 4.78 is 13.0. The van der Waals surface area contributed by atoms with E-state index in [2.05, 4.69) is 4.98 Å². The van der Waals surface area contributed by atoms with Crippen LogP contribution in [0.4, 0.5) is 0 Å². The highest BCUT2D eigenvalue weighted by Crippen LogP contribution is 2.28. The maximum Gasteiger partial charge on any atom is 0.161 e. The summed E-state index contributed by atoms with van der Waals surface area (Å²) in [5.74, 6) is 2.00. The number of aryl methyl sites for hydroxylation is 1. The molecule has 0 amide bonds. The minimum Gasteiger partial charge on any atom is -0.490 e. The average Bonchev–Trinajstić information content (AvgIpc) is 2.83. The van der Waals surface area contributed by atoms with Crippen LogP contribution in [0, 0.1) is 0 Å². The molecule has 1 aromatic heterocycles. The van der Waals surface area contributed by atoms with E-state index in [0.29, 0.717) is 30.3 Å². The second-order valence-corrected chi connectivity index (χ2v) is 4.00. The number of benzene rings is 1. The lowest BCUT2D eigenvalue weighted by Gasteiger charge is -2.12. The van der Waals surface area contributed by atoms with Gasteiger partial charge in [-0.2, -0.15) is 0 Å². The SMILES string of the molecule is CCOc1cc(C=O)ccc1OCc1nccn1C. The fourth-order valence-corrected chi connectivity index (χ4v) is 1.66. The number of imidazole rings is 1. The van der Waals surface area contributed by atoms with E-state index in [9.17, 15) is 4.79 Å². The predicted molar refractivity (Wildman–Crippen MR) is 70.5 cm³/mol. The summed E-state index contributed by atoms with van der Waals surface area (Å²) in [6.07, 6.45) is 4.36. The summed E-state index contributed by atoms with van der Waals surface area (Å²) in [6.45, 7) is 2.75. The number of carbonyl (C=O) groups is 1. The van der Waals surface area contributed by atoms with Crippen LogP contribution in [-0.4, -0.2) is 22.4 Å². The molecule has 0 atom stereocenters. The smallest absolute Gasteiger partial charge is 0.161 e. The largest absolute Gasteiger partial charge is 0.490 e. The zero-order chi connectivity index (χ0) is 13.7. The van der Waals surface area contributed by atoms with Gasteiger partial charge in [-0.05, 0) is 25.1 Å². The number of rotatable bonds is 6. The van der Waals surface area contributed by atoms with Gasteiger partial charge in [-0.15, -0.1) is 0 Å². The Morgan fingerprint density at radius 1 is 1.32 bits per heavy atom. The van der Waals surface area contributed by atoms with Crippen molar-refractivity contribution in [2.45, 2.75) is 13.5 Å². The first-order valence-corrected chi connectivity index (χ1v) is 6.05. The Morgan fingerprint density at radius 2 is 2.16 bits per heavy atom. The van der Waals surface area contributed by atoms with Crippen LogP contribution in [-0.2, 0) is 13.7 Å². The number of aldehydes is 1. The third kappa shape index (κ3) is 3.13. The highest BCUT2D eigenvalue weighted by molar-refractivity contribution is 5.76. The van der Waals surface area contributed by atoms with E-state index in [1.54, 1.807) is 24.4 Å². The van der Waals surface area contributed by atoms with Crippen LogP contribution < -0.4 is 9.47 Å². The molecule has 0 fully saturated rings. The van der Waals surface area contributed by atoms with Gasteiger partial charge >= 0.3 is 0 Å². The van der Waals surface area contributed by atoms with Gasteiger partial charge in [0.1, 0.15) is 18.7 Å². The van der Waals surface area contributed by atoms with E-state index in [0.717, 1.165) is 12.1 Å². The monoisotopic (exact) mass is 260 g/mol. The molecule has 19 heavy (non-hydrogen) atoms. The summed E-state index contributed by atoms with van der Waals surface area (Å²) in [5, 5.41) is 0. The Morgan fingerprint density at radius 3 is 2.79 bits per heavy atom. The van der Waals surface area contributed by atoms with E-state index in [1.165, 1.54) is 0 Å². The third-order valence-corrected chi connectivity index (χ3v) is 2.68. The summed E-state index contributed by atoms with van der Waals surface area (Å²) in [6, 6.07) is 5.10. The van der Waals surface area contributed by atoms with Gasteiger partial charge in [-0.3, -0.25) is 4.79 Å². The van der Waals surface area contributed by atoms with Crippen LogP contribution >= 0.6 is 0 Å². The van der Waals surface area contributed by atoms with Crippen molar-refractivity contribution in [1.82, 2.24) is 9.55 Å². The first kappa shape index (κ1) is 13.1. The quantitative estimate of drug-likeness (QED) is 0.747. The van der Waals surface area contributed by atoms with Gasteiger partial charge in [0.2, 0.25) is 0 Å². The van der Waals surface area contributed by atoms with Crippen LogP contribution in [0.5, 0.6) is 11.5 Å². The number of ether oxygens (including phenoxy) is 2. The maximum atomic E-state index is 10.8. The van der Waals surface area contributed by atoms with Crippen molar-refractivity contribution in [1.29, 1.82) is 0 Å². The summed E-state index contributed by atoms with van der Waals surface area (Å²) in [5.41, 5.74) is 0.563. The molecule has 2 aromatic rings. The molecule has 2 rings (SSSR count). The normalized spacial score (nSPS) is 10.2. The molecule has 0 saturated heterocycles. The molecule has 1 aromatic carbocycles. The van der Waals surface area contributed by atoms with Crippen molar-refractivity contribution >= 4 is 6.29 Å². The van der Waals surface area contributed by atoms with E-state index < -0.39 is 0 Å². The topological polar surface area (TPSA) is 53.4 Å². The van der Waals surface area contributed by atoms with Gasteiger partial charge in [0.15, 0.2) is 11.5 Å². The van der Waals surface area contributed by atoms with E-state index in [-0.39, 0.29) is 0 Å². The molecule has 0 bridgehead atoms. The average molecular weight is 260 g/mol. The van der Waals surface area contributed by atoms with Crippen molar-refractivity contribution in [3.63, 3.8) is 0 Å². The van der Waals surface area contributed by atoms with Crippen LogP contribution in [0.15, 0.2) is 30.6 Å². The lowest BCUT2D eigenvalue weighted by atomic mass is 10.2. The standard InChI is InChI=1S/C14H16N2O3/c1-3-18-13-8-11(9-17)4-5-12(13)19-10-14-15-6-7-16(14)2/h4-9H,3,10H2,1-2H3. The zero-order valence-corrected chi connectivity index (χ0v) is 11.0. The molecule has 0 N–H and O–H groups in total. The van der Waals surface area contributed by atoms with Gasteiger partial charge in [0.05, 0.1) is 6.61 Å². The van der Waals surface area contributed by atoms with Gasteiger partial charge < -0.3 is 14.0 Å². The molecule has 5 nitrogen and oxygen atoms in total. The Labute approximate surface area is 111 Å². The first-order chi connectivity index (χ1) is 9.24. The lowest BCUT2D eigenvalue weighted by Crippen LogP contribution is -2.04. The van der Waals surface area contributed by atoms with Gasteiger partial charge in [0.25, 0.3) is 0 Å². The molecule has 1 heterocycles. The maximum absolute atomic E-state index is 10.8. The third-order valence-electron chi connectivity index (χ3n) is 2.68. The minimum atomic E-state index is 0.351. The molecular weight excluding hydrogens is 244 g/mol. The predicted octanol–water partition coefficient (Wildman–Crippen LogP) is 2.21. The molecule has 0 aliphatic carbocycles. The molecule has 0 saturated carbocycles. The highest BCUT2D eigenvalue weighted by Gasteiger charge is 2.08. The highest BCUT2D eigenvalue weighted by atomic mass is 16.5. The van der Waals surface area contributed by atoms with Gasteiger partial charge in [-0.1, -0.05) is 0 Å². The molecule has 5 heteroatoms. The number of hydrogen-bond acceptors (Lipinski definition) is 4. The van der Waals surface area contributed by atoms with Crippen LogP contribution in [0.25, 0.3) is 0 Å². The van der Waals surface area contributed by atoms with Crippen molar-refractivity contribution in [2.24, 2.45) is 7.05 Å². The fraction of sp³-hybridized carbons (Fsp3) is 0.286. The van der Waals surface area contributed by atoms with E-state index >= 15 is 0 Å². The van der Waals surface area contributed by atoms with Crippen molar-refractivity contribution in [3.8, 4) is 11.5 Å². The number of carbonyl (C=O) groups excluding carboxylic acids is 1. The Kier molecular flexibility index (Phi) is 4.18. The molecule has 0 spiro atoms. The van der Waals surface area contributed by atoms with Crippen LogP contribution in [0.2, 0.25) is 0 Å². The van der Waals surface area contributed by atoms with Gasteiger partial charge in [0, 0.05) is 25.0 Å². The number of nitrogens with zero attached hydrogens (tertiary/aromatic N) is 2. The second-order valence-electron chi connectivity index (χ2n) is 4.00. The fourth-order valence-electron chi connectivity index (χ4n) is 1.66. The summed E-state index contributed by atoms with van der Waals surface area (Å²) in [4.78, 5) is 14.9.